The summed E-state index contributed by atoms with van der Waals surface area (Å²) in [4.78, 5) is 2.66. The zero-order chi connectivity index (χ0) is 23.8. The standard InChI is InChI=1S/C29H47NO3/c1-20(18-30-15-7-13-28(3,19-30)33-5)25-11-12-26-22(8-6-14-29(25,26)4)9-10-23-16-24(31)17-27(32)21(23)2/h9-10,20,24-27,31-32H,2,6-8,11-19H2,1,3-5H3/b22-9+,23-10-/t20-,24-,25-,26+,27+,28?,29-/m1/s1. The van der Waals surface area contributed by atoms with Crippen molar-refractivity contribution < 1.29 is 14.9 Å². The Morgan fingerprint density at radius 1 is 1.18 bits per heavy atom. The van der Waals surface area contributed by atoms with E-state index in [9.17, 15) is 10.2 Å². The summed E-state index contributed by atoms with van der Waals surface area (Å²) in [6.45, 7) is 14.9. The van der Waals surface area contributed by atoms with Crippen LogP contribution in [0.15, 0.2) is 35.5 Å². The van der Waals surface area contributed by atoms with Crippen LogP contribution in [0.4, 0.5) is 0 Å². The maximum Gasteiger partial charge on any atom is 0.0811 e. The summed E-state index contributed by atoms with van der Waals surface area (Å²) in [6, 6.07) is 0. The highest BCUT2D eigenvalue weighted by atomic mass is 16.5. The lowest BCUT2D eigenvalue weighted by Crippen LogP contribution is -2.49. The number of ether oxygens (including phenoxy) is 1. The molecular formula is C29H47NO3. The van der Waals surface area contributed by atoms with Gasteiger partial charge in [-0.05, 0) is 99.1 Å². The monoisotopic (exact) mass is 457 g/mol. The van der Waals surface area contributed by atoms with Crippen molar-refractivity contribution in [1.82, 2.24) is 4.90 Å². The molecule has 0 aromatic heterocycles. The van der Waals surface area contributed by atoms with Crippen molar-refractivity contribution in [3.63, 3.8) is 0 Å². The lowest BCUT2D eigenvalue weighted by molar-refractivity contribution is -0.0571. The molecule has 4 nitrogen and oxygen atoms in total. The van der Waals surface area contributed by atoms with Crippen molar-refractivity contribution >= 4 is 0 Å². The van der Waals surface area contributed by atoms with Gasteiger partial charge in [-0.25, -0.2) is 0 Å². The first kappa shape index (κ1) is 25.2. The number of aliphatic hydroxyl groups is 2. The summed E-state index contributed by atoms with van der Waals surface area (Å²) in [5, 5.41) is 20.3. The van der Waals surface area contributed by atoms with Crippen LogP contribution in [-0.2, 0) is 4.74 Å². The largest absolute Gasteiger partial charge is 0.393 e. The molecule has 4 rings (SSSR count). The molecule has 4 heteroatoms. The number of rotatable bonds is 5. The van der Waals surface area contributed by atoms with Gasteiger partial charge >= 0.3 is 0 Å². The number of hydrogen-bond donors (Lipinski definition) is 2. The molecule has 1 saturated heterocycles. The zero-order valence-electron chi connectivity index (χ0n) is 21.5. The Hall–Kier alpha value is -0.940. The van der Waals surface area contributed by atoms with Crippen molar-refractivity contribution in [2.45, 2.75) is 96.4 Å². The Kier molecular flexibility index (Phi) is 7.60. The Morgan fingerprint density at radius 2 is 1.97 bits per heavy atom. The summed E-state index contributed by atoms with van der Waals surface area (Å²) < 4.78 is 5.84. The summed E-state index contributed by atoms with van der Waals surface area (Å²) in [7, 11) is 1.87. The minimum Gasteiger partial charge on any atom is -0.393 e. The average molecular weight is 458 g/mol. The maximum atomic E-state index is 10.2. The Morgan fingerprint density at radius 3 is 2.73 bits per heavy atom. The second kappa shape index (κ2) is 9.97. The lowest BCUT2D eigenvalue weighted by Gasteiger charge is -2.46. The molecule has 186 valence electrons. The van der Waals surface area contributed by atoms with Crippen LogP contribution in [0, 0.1) is 23.2 Å². The first-order chi connectivity index (χ1) is 15.6. The van der Waals surface area contributed by atoms with Crippen LogP contribution >= 0.6 is 0 Å². The van der Waals surface area contributed by atoms with E-state index in [0.717, 1.165) is 23.6 Å². The van der Waals surface area contributed by atoms with Crippen molar-refractivity contribution in [1.29, 1.82) is 0 Å². The fourth-order valence-electron chi connectivity index (χ4n) is 7.84. The van der Waals surface area contributed by atoms with Crippen LogP contribution in [0.1, 0.15) is 78.6 Å². The van der Waals surface area contributed by atoms with Crippen LogP contribution in [0.2, 0.25) is 0 Å². The van der Waals surface area contributed by atoms with Gasteiger partial charge in [-0.15, -0.1) is 0 Å². The van der Waals surface area contributed by atoms with E-state index in [-0.39, 0.29) is 5.60 Å². The number of piperidine rings is 1. The second-order valence-corrected chi connectivity index (χ2v) is 12.1. The van der Waals surface area contributed by atoms with Gasteiger partial charge in [0.1, 0.15) is 0 Å². The van der Waals surface area contributed by atoms with Crippen LogP contribution in [0.3, 0.4) is 0 Å². The molecule has 4 fully saturated rings. The number of allylic oxidation sites excluding steroid dienone is 3. The lowest BCUT2D eigenvalue weighted by atomic mass is 9.61. The van der Waals surface area contributed by atoms with Gasteiger partial charge in [0.15, 0.2) is 0 Å². The molecule has 0 amide bonds. The van der Waals surface area contributed by atoms with Crippen LogP contribution in [-0.4, -0.2) is 59.7 Å². The molecule has 7 atom stereocenters. The highest BCUT2D eigenvalue weighted by molar-refractivity contribution is 5.38. The molecule has 0 radical (unpaired) electrons. The van der Waals surface area contributed by atoms with Crippen LogP contribution in [0.5, 0.6) is 0 Å². The predicted octanol–water partition coefficient (Wildman–Crippen LogP) is 5.26. The third-order valence-electron chi connectivity index (χ3n) is 9.77. The zero-order valence-corrected chi connectivity index (χ0v) is 21.5. The molecule has 3 saturated carbocycles. The van der Waals surface area contributed by atoms with E-state index in [2.05, 4.69) is 44.4 Å². The first-order valence-electron chi connectivity index (χ1n) is 13.4. The summed E-state index contributed by atoms with van der Waals surface area (Å²) in [6.07, 6.45) is 13.2. The van der Waals surface area contributed by atoms with Gasteiger partial charge in [0, 0.05) is 26.6 Å². The minimum absolute atomic E-state index is 0.0125. The normalized spacial score (nSPS) is 43.8. The summed E-state index contributed by atoms with van der Waals surface area (Å²) in [5.41, 5.74) is 3.79. The van der Waals surface area contributed by atoms with E-state index >= 15 is 0 Å². The molecule has 0 aromatic carbocycles. The fraction of sp³-hybridized carbons (Fsp3) is 0.793. The molecule has 3 aliphatic carbocycles. The summed E-state index contributed by atoms with van der Waals surface area (Å²) >= 11 is 0. The molecule has 0 spiro atoms. The van der Waals surface area contributed by atoms with Crippen molar-refractivity contribution in [3.05, 3.63) is 35.5 Å². The third-order valence-corrected chi connectivity index (χ3v) is 9.77. The van der Waals surface area contributed by atoms with Gasteiger partial charge in [-0.3, -0.25) is 0 Å². The Bertz CT molecular complexity index is 788. The van der Waals surface area contributed by atoms with E-state index in [0.29, 0.717) is 30.1 Å². The van der Waals surface area contributed by atoms with Gasteiger partial charge in [-0.1, -0.05) is 38.2 Å². The van der Waals surface area contributed by atoms with E-state index in [1.807, 2.05) is 7.11 Å². The van der Waals surface area contributed by atoms with Gasteiger partial charge in [0.25, 0.3) is 0 Å². The molecule has 1 aliphatic heterocycles. The quantitative estimate of drug-likeness (QED) is 0.591. The Labute approximate surface area is 201 Å². The average Bonchev–Trinajstić information content (AvgIpc) is 3.13. The number of likely N-dealkylation sites (tertiary alicyclic amines) is 1. The number of hydrogen-bond acceptors (Lipinski definition) is 4. The van der Waals surface area contributed by atoms with Crippen molar-refractivity contribution in [3.8, 4) is 0 Å². The van der Waals surface area contributed by atoms with E-state index in [1.165, 1.54) is 58.0 Å². The molecule has 0 aromatic rings. The second-order valence-electron chi connectivity index (χ2n) is 12.1. The number of fused-ring (bicyclic) bond motifs is 1. The fourth-order valence-corrected chi connectivity index (χ4v) is 7.84. The highest BCUT2D eigenvalue weighted by Gasteiger charge is 2.51. The minimum atomic E-state index is -0.610. The van der Waals surface area contributed by atoms with E-state index in [4.69, 9.17) is 4.74 Å². The molecular weight excluding hydrogens is 410 g/mol. The van der Waals surface area contributed by atoms with Crippen LogP contribution in [0.25, 0.3) is 0 Å². The summed E-state index contributed by atoms with van der Waals surface area (Å²) in [5.74, 6) is 2.12. The van der Waals surface area contributed by atoms with Crippen molar-refractivity contribution in [2.75, 3.05) is 26.7 Å². The molecule has 2 N–H and O–H groups in total. The number of nitrogens with zero attached hydrogens (tertiary/aromatic N) is 1. The van der Waals surface area contributed by atoms with Gasteiger partial charge in [0.2, 0.25) is 0 Å². The molecule has 1 heterocycles. The number of methoxy groups -OCH3 is 1. The van der Waals surface area contributed by atoms with Gasteiger partial charge < -0.3 is 19.8 Å². The highest BCUT2D eigenvalue weighted by Crippen LogP contribution is 2.59. The van der Waals surface area contributed by atoms with Crippen molar-refractivity contribution in [2.24, 2.45) is 23.2 Å². The topological polar surface area (TPSA) is 52.9 Å². The molecule has 1 unspecified atom stereocenters. The number of aliphatic hydroxyl groups excluding tert-OH is 2. The third kappa shape index (κ3) is 5.19. The SMILES string of the molecule is C=C1/C(=C\C=C2/CCC[C@]3(C)[C@@H]([C@H](C)CN4CCCC(C)(OC)C4)CC[C@@H]23)C[C@@H](O)C[C@@H]1O. The predicted molar refractivity (Wildman–Crippen MR) is 135 cm³/mol. The molecule has 33 heavy (non-hydrogen) atoms. The van der Waals surface area contributed by atoms with Gasteiger partial charge in [-0.2, -0.15) is 0 Å². The maximum absolute atomic E-state index is 10.2. The first-order valence-corrected chi connectivity index (χ1v) is 13.4. The van der Waals surface area contributed by atoms with E-state index in [1.54, 1.807) is 5.57 Å². The van der Waals surface area contributed by atoms with Crippen LogP contribution < -0.4 is 0 Å². The molecule has 4 aliphatic rings. The smallest absolute Gasteiger partial charge is 0.0811 e. The molecule has 0 bridgehead atoms. The Balaban J connectivity index is 1.45. The van der Waals surface area contributed by atoms with Gasteiger partial charge in [0.05, 0.1) is 17.8 Å². The van der Waals surface area contributed by atoms with E-state index < -0.39 is 12.2 Å².